The smallest absolute Gasteiger partial charge is 0.270 e. The van der Waals surface area contributed by atoms with Crippen molar-refractivity contribution in [2.75, 3.05) is 5.43 Å². The fourth-order valence-electron chi connectivity index (χ4n) is 1.52. The highest BCUT2D eigenvalue weighted by Gasteiger charge is 2.07. The summed E-state index contributed by atoms with van der Waals surface area (Å²) in [6.07, 6.45) is 1.51. The Labute approximate surface area is 119 Å². The number of hydrogen-bond donors (Lipinski definition) is 3. The van der Waals surface area contributed by atoms with Crippen molar-refractivity contribution in [2.45, 2.75) is 6.54 Å². The van der Waals surface area contributed by atoms with E-state index in [-0.39, 0.29) is 5.91 Å². The van der Waals surface area contributed by atoms with Crippen molar-refractivity contribution in [2.24, 2.45) is 5.84 Å². The van der Waals surface area contributed by atoms with E-state index in [1.165, 1.54) is 6.20 Å². The molecule has 1 aromatic heterocycles. The number of rotatable bonds is 4. The fourth-order valence-corrected chi connectivity index (χ4v) is 1.95. The molecular formula is C13H13BrN4O. The van der Waals surface area contributed by atoms with Gasteiger partial charge in [-0.1, -0.05) is 34.1 Å². The monoisotopic (exact) mass is 320 g/mol. The molecule has 5 nitrogen and oxygen atoms in total. The lowest BCUT2D eigenvalue weighted by Gasteiger charge is -2.07. The molecule has 19 heavy (non-hydrogen) atoms. The maximum Gasteiger partial charge on any atom is 0.270 e. The Balaban J connectivity index is 1.99. The number of carbonyl (C=O) groups excluding carboxylic acids is 1. The Morgan fingerprint density at radius 2 is 2.05 bits per heavy atom. The number of aromatic nitrogens is 1. The third-order valence-corrected chi connectivity index (χ3v) is 3.33. The average molecular weight is 321 g/mol. The molecule has 98 valence electrons. The van der Waals surface area contributed by atoms with Gasteiger partial charge < -0.3 is 10.7 Å². The van der Waals surface area contributed by atoms with Gasteiger partial charge in [-0.25, -0.2) is 4.98 Å². The Morgan fingerprint density at radius 3 is 2.68 bits per heavy atom. The van der Waals surface area contributed by atoms with Crippen LogP contribution in [0.15, 0.2) is 47.1 Å². The highest BCUT2D eigenvalue weighted by Crippen LogP contribution is 2.15. The van der Waals surface area contributed by atoms with E-state index < -0.39 is 0 Å². The molecular weight excluding hydrogens is 308 g/mol. The largest absolute Gasteiger partial charge is 0.347 e. The summed E-state index contributed by atoms with van der Waals surface area (Å²) in [6, 6.07) is 11.0. The van der Waals surface area contributed by atoms with E-state index in [0.29, 0.717) is 17.9 Å². The summed E-state index contributed by atoms with van der Waals surface area (Å²) >= 11 is 3.43. The standard InChI is InChI=1S/C13H13BrN4O/c14-11-4-2-1-3-9(11)7-17-13(19)12-6-5-10(18-15)8-16-12/h1-6,8,18H,7,15H2,(H,17,19). The number of hydrogen-bond acceptors (Lipinski definition) is 4. The number of hydrazine groups is 1. The minimum Gasteiger partial charge on any atom is -0.347 e. The van der Waals surface area contributed by atoms with E-state index >= 15 is 0 Å². The summed E-state index contributed by atoms with van der Waals surface area (Å²) in [5.41, 5.74) is 4.48. The number of halogens is 1. The number of carbonyl (C=O) groups is 1. The van der Waals surface area contributed by atoms with Gasteiger partial charge in [-0.3, -0.25) is 10.6 Å². The van der Waals surface area contributed by atoms with Gasteiger partial charge in [-0.15, -0.1) is 0 Å². The molecule has 1 heterocycles. The number of nitrogens with one attached hydrogen (secondary N) is 2. The Morgan fingerprint density at radius 1 is 1.26 bits per heavy atom. The summed E-state index contributed by atoms with van der Waals surface area (Å²) < 4.78 is 0.964. The van der Waals surface area contributed by atoms with Gasteiger partial charge in [0.1, 0.15) is 5.69 Å². The average Bonchev–Trinajstić information content (AvgIpc) is 2.46. The summed E-state index contributed by atoms with van der Waals surface area (Å²) in [5, 5.41) is 2.81. The Hall–Kier alpha value is -1.92. The lowest BCUT2D eigenvalue weighted by molar-refractivity contribution is 0.0946. The molecule has 1 aromatic carbocycles. The number of nitrogens with zero attached hydrogens (tertiary/aromatic N) is 1. The van der Waals surface area contributed by atoms with Crippen LogP contribution in [0, 0.1) is 0 Å². The van der Waals surface area contributed by atoms with Crippen molar-refractivity contribution in [3.05, 3.63) is 58.3 Å². The van der Waals surface area contributed by atoms with Crippen LogP contribution >= 0.6 is 15.9 Å². The number of amides is 1. The van der Waals surface area contributed by atoms with Crippen molar-refractivity contribution < 1.29 is 4.79 Å². The SMILES string of the molecule is NNc1ccc(C(=O)NCc2ccccc2Br)nc1. The summed E-state index contributed by atoms with van der Waals surface area (Å²) in [4.78, 5) is 15.9. The van der Waals surface area contributed by atoms with Crippen molar-refractivity contribution in [3.8, 4) is 0 Å². The first kappa shape index (κ1) is 13.5. The molecule has 1 amide bonds. The van der Waals surface area contributed by atoms with Gasteiger partial charge in [0.25, 0.3) is 5.91 Å². The molecule has 0 aliphatic carbocycles. The van der Waals surface area contributed by atoms with Gasteiger partial charge in [0.2, 0.25) is 0 Å². The van der Waals surface area contributed by atoms with Gasteiger partial charge >= 0.3 is 0 Å². The second-order valence-corrected chi connectivity index (χ2v) is 4.70. The van der Waals surface area contributed by atoms with Crippen molar-refractivity contribution >= 4 is 27.5 Å². The number of pyridine rings is 1. The van der Waals surface area contributed by atoms with Gasteiger partial charge in [-0.05, 0) is 23.8 Å². The van der Waals surface area contributed by atoms with Crippen LogP contribution in [0.5, 0.6) is 0 Å². The maximum absolute atomic E-state index is 11.9. The molecule has 0 spiro atoms. The predicted octanol–water partition coefficient (Wildman–Crippen LogP) is 2.06. The zero-order valence-electron chi connectivity index (χ0n) is 10.1. The lowest BCUT2D eigenvalue weighted by atomic mass is 10.2. The van der Waals surface area contributed by atoms with Crippen LogP contribution in [0.4, 0.5) is 5.69 Å². The molecule has 0 bridgehead atoms. The van der Waals surface area contributed by atoms with Crippen LogP contribution in [-0.4, -0.2) is 10.9 Å². The molecule has 0 atom stereocenters. The number of anilines is 1. The highest BCUT2D eigenvalue weighted by atomic mass is 79.9. The predicted molar refractivity (Wildman–Crippen MR) is 77.4 cm³/mol. The van der Waals surface area contributed by atoms with Crippen LogP contribution < -0.4 is 16.6 Å². The van der Waals surface area contributed by atoms with Gasteiger partial charge in [0.05, 0.1) is 11.9 Å². The first-order valence-corrected chi connectivity index (χ1v) is 6.44. The molecule has 0 unspecified atom stereocenters. The fraction of sp³-hybridized carbons (Fsp3) is 0.0769. The molecule has 6 heteroatoms. The number of benzene rings is 1. The van der Waals surface area contributed by atoms with Crippen LogP contribution in [0.1, 0.15) is 16.1 Å². The highest BCUT2D eigenvalue weighted by molar-refractivity contribution is 9.10. The molecule has 0 aliphatic rings. The third kappa shape index (κ3) is 3.52. The lowest BCUT2D eigenvalue weighted by Crippen LogP contribution is -2.24. The second kappa shape index (κ2) is 6.31. The van der Waals surface area contributed by atoms with Crippen LogP contribution in [0.2, 0.25) is 0 Å². The van der Waals surface area contributed by atoms with E-state index in [4.69, 9.17) is 5.84 Å². The molecule has 0 radical (unpaired) electrons. The van der Waals surface area contributed by atoms with E-state index in [2.05, 4.69) is 31.7 Å². The molecule has 4 N–H and O–H groups in total. The van der Waals surface area contributed by atoms with Crippen molar-refractivity contribution in [1.82, 2.24) is 10.3 Å². The van der Waals surface area contributed by atoms with Crippen LogP contribution in [0.3, 0.4) is 0 Å². The van der Waals surface area contributed by atoms with Crippen molar-refractivity contribution in [3.63, 3.8) is 0 Å². The topological polar surface area (TPSA) is 80.0 Å². The number of nitrogens with two attached hydrogens (primary N) is 1. The molecule has 0 aliphatic heterocycles. The minimum absolute atomic E-state index is 0.223. The molecule has 0 fully saturated rings. The van der Waals surface area contributed by atoms with E-state index in [0.717, 1.165) is 10.0 Å². The minimum atomic E-state index is -0.223. The third-order valence-electron chi connectivity index (χ3n) is 2.56. The van der Waals surface area contributed by atoms with Crippen LogP contribution in [-0.2, 0) is 6.54 Å². The summed E-state index contributed by atoms with van der Waals surface area (Å²) in [7, 11) is 0. The van der Waals surface area contributed by atoms with E-state index in [9.17, 15) is 4.79 Å². The quantitative estimate of drug-likeness (QED) is 0.595. The molecule has 2 rings (SSSR count). The second-order valence-electron chi connectivity index (χ2n) is 3.85. The normalized spacial score (nSPS) is 10.0. The van der Waals surface area contributed by atoms with Gasteiger partial charge in [0, 0.05) is 11.0 Å². The Bertz CT molecular complexity index is 571. The van der Waals surface area contributed by atoms with Gasteiger partial charge in [-0.2, -0.15) is 0 Å². The van der Waals surface area contributed by atoms with E-state index in [1.54, 1.807) is 12.1 Å². The van der Waals surface area contributed by atoms with Crippen LogP contribution in [0.25, 0.3) is 0 Å². The summed E-state index contributed by atoms with van der Waals surface area (Å²) in [5.74, 6) is 5.01. The molecule has 0 saturated carbocycles. The number of nitrogen functional groups attached to an aromatic ring is 1. The molecule has 2 aromatic rings. The Kier molecular flexibility index (Phi) is 4.48. The zero-order chi connectivity index (χ0) is 13.7. The zero-order valence-corrected chi connectivity index (χ0v) is 11.6. The molecule has 0 saturated heterocycles. The first-order chi connectivity index (χ1) is 9.20. The van der Waals surface area contributed by atoms with E-state index in [1.807, 2.05) is 24.3 Å². The van der Waals surface area contributed by atoms with Gasteiger partial charge in [0.15, 0.2) is 0 Å². The maximum atomic E-state index is 11.9. The summed E-state index contributed by atoms with van der Waals surface area (Å²) in [6.45, 7) is 0.443. The van der Waals surface area contributed by atoms with Crippen molar-refractivity contribution in [1.29, 1.82) is 0 Å². The first-order valence-electron chi connectivity index (χ1n) is 5.65.